The van der Waals surface area contributed by atoms with Gasteiger partial charge in [0.15, 0.2) is 58.0 Å². The van der Waals surface area contributed by atoms with Crippen molar-refractivity contribution >= 4 is 32.3 Å². The molecule has 0 spiro atoms. The van der Waals surface area contributed by atoms with Crippen molar-refractivity contribution in [1.29, 1.82) is 0 Å². The molecule has 0 aliphatic heterocycles. The van der Waals surface area contributed by atoms with E-state index in [1.54, 1.807) is 0 Å². The molecule has 4 aromatic carbocycles. The molecule has 0 saturated carbocycles. The molecule has 0 aliphatic rings. The van der Waals surface area contributed by atoms with Crippen molar-refractivity contribution in [3.8, 4) is 11.5 Å². The van der Waals surface area contributed by atoms with Gasteiger partial charge in [-0.15, -0.1) is 0 Å². The second-order valence-electron chi connectivity index (χ2n) is 6.09. The number of benzene rings is 4. The molecule has 0 aromatic heterocycles. The number of halogens is 10. The summed E-state index contributed by atoms with van der Waals surface area (Å²) in [5, 5.41) is 8.97. The third kappa shape index (κ3) is 2.10. The normalized spacial score (nSPS) is 11.9. The van der Waals surface area contributed by atoms with Crippen LogP contribution in [0.1, 0.15) is 0 Å². The van der Waals surface area contributed by atoms with Crippen LogP contribution in [-0.4, -0.2) is 10.2 Å². The summed E-state index contributed by atoms with van der Waals surface area (Å²) in [6, 6.07) is 0. The average Bonchev–Trinajstić information content (AvgIpc) is 2.73. The van der Waals surface area contributed by atoms with Crippen LogP contribution >= 0.6 is 0 Å². The molecule has 0 fully saturated rings. The van der Waals surface area contributed by atoms with E-state index in [4.69, 9.17) is 0 Å². The maximum absolute atomic E-state index is 14.5. The Morgan fingerprint density at radius 2 is 0.533 bits per heavy atom. The van der Waals surface area contributed by atoms with Gasteiger partial charge in [0.1, 0.15) is 0 Å². The van der Waals surface area contributed by atoms with E-state index in [9.17, 15) is 54.1 Å². The zero-order valence-electron chi connectivity index (χ0n) is 13.7. The third-order valence-corrected chi connectivity index (χ3v) is 4.61. The fourth-order valence-electron chi connectivity index (χ4n) is 3.34. The van der Waals surface area contributed by atoms with Gasteiger partial charge >= 0.3 is 0 Å². The maximum atomic E-state index is 14.5. The lowest BCUT2D eigenvalue weighted by molar-refractivity contribution is 0.381. The summed E-state index contributed by atoms with van der Waals surface area (Å²) in [7, 11) is 0. The average molecular weight is 440 g/mol. The Balaban J connectivity index is 2.66. The van der Waals surface area contributed by atoms with E-state index in [1.165, 1.54) is 0 Å². The number of aromatic hydroxyl groups is 2. The summed E-state index contributed by atoms with van der Waals surface area (Å²) in [4.78, 5) is 0. The predicted molar refractivity (Wildman–Crippen MR) is 81.9 cm³/mol. The Bertz CT molecular complexity index is 1150. The zero-order chi connectivity index (χ0) is 22.4. The van der Waals surface area contributed by atoms with Gasteiger partial charge in [0, 0.05) is 32.3 Å². The molecule has 0 atom stereocenters. The van der Waals surface area contributed by atoms with Gasteiger partial charge in [0.25, 0.3) is 0 Å². The molecule has 0 radical (unpaired) electrons. The number of phenols is 2. The Labute approximate surface area is 157 Å². The summed E-state index contributed by atoms with van der Waals surface area (Å²) in [6.07, 6.45) is 0. The van der Waals surface area contributed by atoms with Crippen molar-refractivity contribution in [3.05, 3.63) is 58.2 Å². The van der Waals surface area contributed by atoms with E-state index < -0.39 is 102 Å². The lowest BCUT2D eigenvalue weighted by atomic mass is 9.91. The van der Waals surface area contributed by atoms with Crippen molar-refractivity contribution in [2.24, 2.45) is 0 Å². The molecule has 4 rings (SSSR count). The molecule has 0 saturated heterocycles. The van der Waals surface area contributed by atoms with Crippen molar-refractivity contribution in [1.82, 2.24) is 0 Å². The molecule has 0 amide bonds. The molecule has 0 unspecified atom stereocenters. The van der Waals surface area contributed by atoms with Crippen LogP contribution in [0.15, 0.2) is 0 Å². The second kappa shape index (κ2) is 6.03. The number of phenolic OH excluding ortho intramolecular Hbond substituents is 2. The molecule has 2 nitrogen and oxygen atoms in total. The number of fused-ring (bicyclic) bond motifs is 6. The SMILES string of the molecule is Oc1c(F)c(F)c2c3c(O)c(F)c(F)c(F)c3c3c(F)c(F)c(F)c(F)c3c2c1F. The number of hydrogen-bond donors (Lipinski definition) is 2. The Morgan fingerprint density at radius 1 is 0.267 bits per heavy atom. The quantitative estimate of drug-likeness (QED) is 0.154. The van der Waals surface area contributed by atoms with E-state index in [-0.39, 0.29) is 0 Å². The van der Waals surface area contributed by atoms with E-state index in [0.717, 1.165) is 0 Å². The first kappa shape index (κ1) is 19.9. The van der Waals surface area contributed by atoms with Crippen LogP contribution in [0.3, 0.4) is 0 Å². The standard InChI is InChI=1S/C18H2F10O2/c19-7-1-2(8(20)13(25)12(7)24)4-6(17(29)16(28)14(26)9(4)21)5-3(1)11(23)18(30)15(27)10(5)22/h29-30H. The first-order chi connectivity index (χ1) is 13.9. The van der Waals surface area contributed by atoms with Gasteiger partial charge in [0.2, 0.25) is 11.6 Å². The lowest BCUT2D eigenvalue weighted by Gasteiger charge is -2.17. The fourth-order valence-corrected chi connectivity index (χ4v) is 3.34. The highest BCUT2D eigenvalue weighted by Crippen LogP contribution is 2.48. The van der Waals surface area contributed by atoms with Gasteiger partial charge < -0.3 is 10.2 Å². The molecule has 0 heterocycles. The summed E-state index contributed by atoms with van der Waals surface area (Å²) >= 11 is 0. The Morgan fingerprint density at radius 3 is 0.967 bits per heavy atom. The van der Waals surface area contributed by atoms with Gasteiger partial charge in [-0.25, -0.2) is 35.1 Å². The zero-order valence-corrected chi connectivity index (χ0v) is 13.7. The molecule has 0 aliphatic carbocycles. The van der Waals surface area contributed by atoms with Crippen LogP contribution in [0.5, 0.6) is 11.5 Å². The van der Waals surface area contributed by atoms with Crippen LogP contribution in [0, 0.1) is 58.2 Å². The summed E-state index contributed by atoms with van der Waals surface area (Å²) in [5.41, 5.74) is 0. The van der Waals surface area contributed by atoms with Gasteiger partial charge in [-0.3, -0.25) is 0 Å². The van der Waals surface area contributed by atoms with Crippen LogP contribution < -0.4 is 0 Å². The molecule has 0 bridgehead atoms. The van der Waals surface area contributed by atoms with E-state index >= 15 is 0 Å². The van der Waals surface area contributed by atoms with Gasteiger partial charge in [-0.1, -0.05) is 0 Å². The first-order valence-corrected chi connectivity index (χ1v) is 7.59. The number of rotatable bonds is 0. The molecule has 30 heavy (non-hydrogen) atoms. The Kier molecular flexibility index (Phi) is 3.99. The summed E-state index contributed by atoms with van der Waals surface area (Å²) in [6.45, 7) is 0. The topological polar surface area (TPSA) is 40.5 Å². The van der Waals surface area contributed by atoms with Crippen LogP contribution in [0.2, 0.25) is 0 Å². The molecular formula is C18H2F10O2. The maximum Gasteiger partial charge on any atom is 0.204 e. The molecule has 12 heteroatoms. The smallest absolute Gasteiger partial charge is 0.204 e. The van der Waals surface area contributed by atoms with Crippen molar-refractivity contribution in [2.45, 2.75) is 0 Å². The second-order valence-corrected chi connectivity index (χ2v) is 6.09. The van der Waals surface area contributed by atoms with Crippen molar-refractivity contribution < 1.29 is 54.1 Å². The highest BCUT2D eigenvalue weighted by Gasteiger charge is 2.34. The minimum absolute atomic E-state index is 1.62. The van der Waals surface area contributed by atoms with Crippen molar-refractivity contribution in [3.63, 3.8) is 0 Å². The molecule has 2 N–H and O–H groups in total. The molecule has 156 valence electrons. The largest absolute Gasteiger partial charge is 0.504 e. The third-order valence-electron chi connectivity index (χ3n) is 4.61. The van der Waals surface area contributed by atoms with E-state index in [0.29, 0.717) is 0 Å². The number of hydrogen-bond acceptors (Lipinski definition) is 2. The van der Waals surface area contributed by atoms with Gasteiger partial charge in [0.05, 0.1) is 0 Å². The van der Waals surface area contributed by atoms with E-state index in [1.807, 2.05) is 0 Å². The predicted octanol–water partition coefficient (Wildman–Crippen LogP) is 5.95. The summed E-state index contributed by atoms with van der Waals surface area (Å²) in [5.74, 6) is -28.5. The highest BCUT2D eigenvalue weighted by atomic mass is 19.2. The van der Waals surface area contributed by atoms with Crippen LogP contribution in [-0.2, 0) is 0 Å². The Hall–Kier alpha value is -3.44. The van der Waals surface area contributed by atoms with Gasteiger partial charge in [-0.05, 0) is 0 Å². The van der Waals surface area contributed by atoms with Crippen LogP contribution in [0.4, 0.5) is 43.9 Å². The minimum Gasteiger partial charge on any atom is -0.504 e. The lowest BCUT2D eigenvalue weighted by Crippen LogP contribution is -2.05. The summed E-state index contributed by atoms with van der Waals surface area (Å²) < 4.78 is 142. The molecular weight excluding hydrogens is 438 g/mol. The van der Waals surface area contributed by atoms with Gasteiger partial charge in [-0.2, -0.15) is 8.78 Å². The van der Waals surface area contributed by atoms with Crippen molar-refractivity contribution in [2.75, 3.05) is 0 Å². The highest BCUT2D eigenvalue weighted by molar-refractivity contribution is 6.27. The van der Waals surface area contributed by atoms with E-state index in [2.05, 4.69) is 0 Å². The minimum atomic E-state index is -2.59. The van der Waals surface area contributed by atoms with Crippen LogP contribution in [0.25, 0.3) is 32.3 Å². The molecule has 4 aromatic rings. The first-order valence-electron chi connectivity index (χ1n) is 7.59. The monoisotopic (exact) mass is 440 g/mol. The fraction of sp³-hybridized carbons (Fsp3) is 0.